The average Bonchev–Trinajstić information content (AvgIpc) is 2.88. The first-order valence-corrected chi connectivity index (χ1v) is 9.45. The maximum atomic E-state index is 6.24. The predicted octanol–water partition coefficient (Wildman–Crippen LogP) is 4.23. The van der Waals surface area contributed by atoms with E-state index >= 15 is 0 Å². The molecular formula is C22H23BN2O2. The number of benzene rings is 2. The van der Waals surface area contributed by atoms with Crippen molar-refractivity contribution in [1.29, 1.82) is 0 Å². The first kappa shape index (κ1) is 16.8. The number of rotatable bonds is 1. The topological polar surface area (TPSA) is 34.1 Å². The average molecular weight is 358 g/mol. The lowest BCUT2D eigenvalue weighted by Gasteiger charge is -2.36. The summed E-state index contributed by atoms with van der Waals surface area (Å²) in [5.74, 6) is 0. The van der Waals surface area contributed by atoms with Crippen LogP contribution in [0.2, 0.25) is 0 Å². The molecular weight excluding hydrogens is 335 g/mol. The van der Waals surface area contributed by atoms with Crippen LogP contribution in [-0.2, 0) is 9.31 Å². The van der Waals surface area contributed by atoms with Crippen molar-refractivity contribution in [1.82, 2.24) is 0 Å². The van der Waals surface area contributed by atoms with Crippen LogP contribution in [0.15, 0.2) is 53.7 Å². The van der Waals surface area contributed by atoms with Gasteiger partial charge in [-0.15, -0.1) is 0 Å². The van der Waals surface area contributed by atoms with Crippen molar-refractivity contribution >= 4 is 36.2 Å². The van der Waals surface area contributed by atoms with Crippen LogP contribution in [-0.4, -0.2) is 24.5 Å². The lowest BCUT2D eigenvalue weighted by Crippen LogP contribution is -2.41. The van der Waals surface area contributed by atoms with E-state index < -0.39 is 0 Å². The first-order chi connectivity index (χ1) is 12.9. The van der Waals surface area contributed by atoms with Gasteiger partial charge in [0.05, 0.1) is 28.6 Å². The molecule has 5 heteroatoms. The van der Waals surface area contributed by atoms with Crippen molar-refractivity contribution in [2.45, 2.75) is 44.9 Å². The van der Waals surface area contributed by atoms with Crippen molar-refractivity contribution in [2.75, 3.05) is 4.90 Å². The SMILES string of the molecule is CC1(C)OB(c2ccc3c(c2)N2C=Cc4ccccc4C2C=N3)OC1(C)C. The molecule has 0 spiro atoms. The zero-order valence-electron chi connectivity index (χ0n) is 16.1. The third-order valence-electron chi connectivity index (χ3n) is 6.19. The highest BCUT2D eigenvalue weighted by Crippen LogP contribution is 2.42. The normalized spacial score (nSPS) is 23.8. The largest absolute Gasteiger partial charge is 0.494 e. The summed E-state index contributed by atoms with van der Waals surface area (Å²) >= 11 is 0. The number of hydrogen-bond acceptors (Lipinski definition) is 4. The highest BCUT2D eigenvalue weighted by Gasteiger charge is 2.51. The van der Waals surface area contributed by atoms with Gasteiger partial charge in [-0.25, -0.2) is 0 Å². The minimum atomic E-state index is -0.370. The highest BCUT2D eigenvalue weighted by molar-refractivity contribution is 6.62. The summed E-state index contributed by atoms with van der Waals surface area (Å²) in [7, 11) is -0.370. The summed E-state index contributed by atoms with van der Waals surface area (Å²) in [5.41, 5.74) is 4.90. The van der Waals surface area contributed by atoms with Gasteiger partial charge in [-0.3, -0.25) is 4.99 Å². The molecule has 1 atom stereocenters. The number of hydrogen-bond donors (Lipinski definition) is 0. The fourth-order valence-corrected chi connectivity index (χ4v) is 3.85. The molecule has 3 heterocycles. The molecule has 136 valence electrons. The summed E-state index contributed by atoms with van der Waals surface area (Å²) in [6.07, 6.45) is 6.33. The number of aliphatic imine (C=N–C) groups is 1. The number of fused-ring (bicyclic) bond motifs is 5. The molecule has 2 aromatic rings. The fraction of sp³-hybridized carbons (Fsp3) is 0.318. The Bertz CT molecular complexity index is 964. The van der Waals surface area contributed by atoms with Crippen molar-refractivity contribution in [3.05, 3.63) is 59.8 Å². The van der Waals surface area contributed by atoms with E-state index in [1.807, 2.05) is 6.21 Å². The van der Waals surface area contributed by atoms with Crippen molar-refractivity contribution in [3.63, 3.8) is 0 Å². The minimum absolute atomic E-state index is 0.118. The Morgan fingerprint density at radius 1 is 1.00 bits per heavy atom. The van der Waals surface area contributed by atoms with E-state index in [0.29, 0.717) is 0 Å². The summed E-state index contributed by atoms with van der Waals surface area (Å²) in [6.45, 7) is 8.32. The molecule has 0 saturated carbocycles. The lowest BCUT2D eigenvalue weighted by molar-refractivity contribution is 0.00578. The van der Waals surface area contributed by atoms with Crippen molar-refractivity contribution in [2.24, 2.45) is 4.99 Å². The Morgan fingerprint density at radius 3 is 2.52 bits per heavy atom. The third kappa shape index (κ3) is 2.49. The zero-order chi connectivity index (χ0) is 18.8. The van der Waals surface area contributed by atoms with Gasteiger partial charge in [-0.1, -0.05) is 30.3 Å². The molecule has 1 fully saturated rings. The second-order valence-corrected chi connectivity index (χ2v) is 8.41. The molecule has 0 radical (unpaired) electrons. The van der Waals surface area contributed by atoms with Crippen molar-refractivity contribution < 1.29 is 9.31 Å². The van der Waals surface area contributed by atoms with Gasteiger partial charge in [-0.2, -0.15) is 0 Å². The Morgan fingerprint density at radius 2 is 1.74 bits per heavy atom. The summed E-state index contributed by atoms with van der Waals surface area (Å²) in [6, 6.07) is 14.9. The lowest BCUT2D eigenvalue weighted by atomic mass is 9.78. The third-order valence-corrected chi connectivity index (χ3v) is 6.19. The Labute approximate surface area is 160 Å². The monoisotopic (exact) mass is 358 g/mol. The molecule has 0 amide bonds. The molecule has 1 unspecified atom stereocenters. The van der Waals surface area contributed by atoms with E-state index in [0.717, 1.165) is 16.8 Å². The van der Waals surface area contributed by atoms with Crippen LogP contribution < -0.4 is 10.4 Å². The van der Waals surface area contributed by atoms with Gasteiger partial charge >= 0.3 is 7.12 Å². The van der Waals surface area contributed by atoms with Gasteiger partial charge in [0.25, 0.3) is 0 Å². The highest BCUT2D eigenvalue weighted by atomic mass is 16.7. The molecule has 5 rings (SSSR count). The Balaban J connectivity index is 1.54. The summed E-state index contributed by atoms with van der Waals surface area (Å²) in [5, 5.41) is 0. The molecule has 0 aromatic heterocycles. The molecule has 0 aliphatic carbocycles. The van der Waals surface area contributed by atoms with Gasteiger partial charge < -0.3 is 14.2 Å². The van der Waals surface area contributed by atoms with Gasteiger partial charge in [0.15, 0.2) is 0 Å². The molecule has 27 heavy (non-hydrogen) atoms. The first-order valence-electron chi connectivity index (χ1n) is 9.45. The van der Waals surface area contributed by atoms with Gasteiger partial charge in [0.2, 0.25) is 0 Å². The van der Waals surface area contributed by atoms with Crippen LogP contribution in [0.3, 0.4) is 0 Å². The fourth-order valence-electron chi connectivity index (χ4n) is 3.85. The molecule has 3 aliphatic rings. The van der Waals surface area contributed by atoms with E-state index in [4.69, 9.17) is 14.3 Å². The van der Waals surface area contributed by atoms with Gasteiger partial charge in [-0.05, 0) is 62.5 Å². The maximum Gasteiger partial charge on any atom is 0.494 e. The van der Waals surface area contributed by atoms with Gasteiger partial charge in [0.1, 0.15) is 0 Å². The molecule has 1 saturated heterocycles. The van der Waals surface area contributed by atoms with E-state index in [1.165, 1.54) is 11.1 Å². The molecule has 3 aliphatic heterocycles. The second kappa shape index (κ2) is 5.57. The smallest absolute Gasteiger partial charge is 0.399 e. The zero-order valence-corrected chi connectivity index (χ0v) is 16.1. The quantitative estimate of drug-likeness (QED) is 0.716. The minimum Gasteiger partial charge on any atom is -0.399 e. The van der Waals surface area contributed by atoms with Crippen molar-refractivity contribution in [3.8, 4) is 0 Å². The van der Waals surface area contributed by atoms with Crippen LogP contribution in [0.4, 0.5) is 11.4 Å². The van der Waals surface area contributed by atoms with E-state index in [9.17, 15) is 0 Å². The van der Waals surface area contributed by atoms with Gasteiger partial charge in [0, 0.05) is 12.4 Å². The van der Waals surface area contributed by atoms with Crippen LogP contribution in [0.5, 0.6) is 0 Å². The maximum absolute atomic E-state index is 6.24. The molecule has 4 nitrogen and oxygen atoms in total. The molecule has 0 bridgehead atoms. The molecule has 2 aromatic carbocycles. The Hall–Kier alpha value is -2.37. The van der Waals surface area contributed by atoms with Crippen LogP contribution >= 0.6 is 0 Å². The molecule has 0 N–H and O–H groups in total. The summed E-state index contributed by atoms with van der Waals surface area (Å²) < 4.78 is 12.5. The van der Waals surface area contributed by atoms with E-state index in [1.54, 1.807) is 0 Å². The number of anilines is 1. The van der Waals surface area contributed by atoms with Crippen LogP contribution in [0.1, 0.15) is 44.9 Å². The predicted molar refractivity (Wildman–Crippen MR) is 111 cm³/mol. The van der Waals surface area contributed by atoms with Crippen LogP contribution in [0.25, 0.3) is 6.08 Å². The van der Waals surface area contributed by atoms with E-state index in [-0.39, 0.29) is 24.4 Å². The summed E-state index contributed by atoms with van der Waals surface area (Å²) in [4.78, 5) is 7.00. The van der Waals surface area contributed by atoms with E-state index in [2.05, 4.69) is 87.3 Å². The van der Waals surface area contributed by atoms with Crippen LogP contribution in [0, 0.1) is 0 Å². The second-order valence-electron chi connectivity index (χ2n) is 8.41. The standard InChI is InChI=1S/C22H23BN2O2/c1-21(2)22(3,4)27-23(26-21)16-9-10-18-19(13-16)25-12-11-15-7-5-6-8-17(15)20(25)14-24-18/h5-14,20H,1-4H3. The number of nitrogens with zero attached hydrogens (tertiary/aromatic N) is 2. The Kier molecular flexibility index (Phi) is 3.46.